The van der Waals surface area contributed by atoms with Gasteiger partial charge < -0.3 is 4.74 Å². The van der Waals surface area contributed by atoms with E-state index in [9.17, 15) is 0 Å². The summed E-state index contributed by atoms with van der Waals surface area (Å²) in [5.74, 6) is 1.34. The van der Waals surface area contributed by atoms with E-state index in [0.29, 0.717) is 11.8 Å². The van der Waals surface area contributed by atoms with E-state index >= 15 is 0 Å². The molecule has 1 aromatic rings. The van der Waals surface area contributed by atoms with Gasteiger partial charge in [0.05, 0.1) is 6.10 Å². The maximum atomic E-state index is 5.77. The first-order valence-corrected chi connectivity index (χ1v) is 5.30. The lowest BCUT2D eigenvalue weighted by Gasteiger charge is -2.21. The zero-order valence-corrected chi connectivity index (χ0v) is 8.81. The molecule has 14 heavy (non-hydrogen) atoms. The smallest absolute Gasteiger partial charge is 0.0871 e. The van der Waals surface area contributed by atoms with Gasteiger partial charge in [0.1, 0.15) is 0 Å². The number of ether oxygens (including phenoxy) is 1. The molecule has 2 heteroatoms. The van der Waals surface area contributed by atoms with Crippen molar-refractivity contribution in [2.24, 2.45) is 11.8 Å². The van der Waals surface area contributed by atoms with Gasteiger partial charge in [-0.05, 0) is 29.9 Å². The van der Waals surface area contributed by atoms with Gasteiger partial charge in [0, 0.05) is 19.0 Å². The van der Waals surface area contributed by atoms with Crippen molar-refractivity contribution < 1.29 is 4.74 Å². The molecule has 2 rings (SSSR count). The van der Waals surface area contributed by atoms with E-state index in [2.05, 4.69) is 24.9 Å². The van der Waals surface area contributed by atoms with Crippen molar-refractivity contribution in [3.63, 3.8) is 0 Å². The molecule has 1 fully saturated rings. The minimum atomic E-state index is 0.267. The summed E-state index contributed by atoms with van der Waals surface area (Å²) < 4.78 is 5.77. The molecule has 0 saturated carbocycles. The lowest BCUT2D eigenvalue weighted by atomic mass is 9.87. The fourth-order valence-corrected chi connectivity index (χ4v) is 2.18. The lowest BCUT2D eigenvalue weighted by Crippen LogP contribution is -2.13. The van der Waals surface area contributed by atoms with Gasteiger partial charge in [-0.2, -0.15) is 0 Å². The average Bonchev–Trinajstić information content (AvgIpc) is 2.67. The van der Waals surface area contributed by atoms with Crippen molar-refractivity contribution >= 4 is 0 Å². The molecule has 0 aromatic carbocycles. The summed E-state index contributed by atoms with van der Waals surface area (Å²) in [7, 11) is 0. The van der Waals surface area contributed by atoms with E-state index < -0.39 is 0 Å². The van der Waals surface area contributed by atoms with Crippen molar-refractivity contribution in [1.82, 2.24) is 4.98 Å². The van der Waals surface area contributed by atoms with Gasteiger partial charge >= 0.3 is 0 Å². The van der Waals surface area contributed by atoms with Crippen LogP contribution >= 0.6 is 0 Å². The van der Waals surface area contributed by atoms with Crippen LogP contribution in [0.15, 0.2) is 24.5 Å². The molecule has 2 unspecified atom stereocenters. The number of aromatic nitrogens is 1. The fourth-order valence-electron chi connectivity index (χ4n) is 2.18. The van der Waals surface area contributed by atoms with Crippen LogP contribution in [0.3, 0.4) is 0 Å². The van der Waals surface area contributed by atoms with Crippen LogP contribution in [0.1, 0.15) is 31.9 Å². The summed E-state index contributed by atoms with van der Waals surface area (Å²) in [5.41, 5.74) is 1.23. The second kappa shape index (κ2) is 4.09. The minimum absolute atomic E-state index is 0.267. The van der Waals surface area contributed by atoms with E-state index in [1.54, 1.807) is 0 Å². The van der Waals surface area contributed by atoms with E-state index in [1.807, 2.05) is 18.5 Å². The molecular formula is C12H17NO. The Morgan fingerprint density at radius 2 is 2.36 bits per heavy atom. The van der Waals surface area contributed by atoms with Crippen molar-refractivity contribution in [2.75, 3.05) is 6.61 Å². The Balaban J connectivity index is 2.18. The molecule has 0 bridgehead atoms. The van der Waals surface area contributed by atoms with Crippen LogP contribution in [0.2, 0.25) is 0 Å². The first-order valence-electron chi connectivity index (χ1n) is 5.30. The van der Waals surface area contributed by atoms with Crippen LogP contribution in [0, 0.1) is 11.8 Å². The van der Waals surface area contributed by atoms with Gasteiger partial charge in [-0.25, -0.2) is 0 Å². The predicted molar refractivity (Wildman–Crippen MR) is 55.9 cm³/mol. The zero-order chi connectivity index (χ0) is 9.97. The Labute approximate surface area is 85.3 Å². The van der Waals surface area contributed by atoms with Crippen LogP contribution in [-0.2, 0) is 4.74 Å². The van der Waals surface area contributed by atoms with Crippen LogP contribution in [-0.4, -0.2) is 11.6 Å². The first kappa shape index (κ1) is 9.66. The molecule has 76 valence electrons. The van der Waals surface area contributed by atoms with Gasteiger partial charge in [-0.3, -0.25) is 4.98 Å². The van der Waals surface area contributed by atoms with Gasteiger partial charge in [-0.15, -0.1) is 0 Å². The van der Waals surface area contributed by atoms with Crippen LogP contribution in [0.4, 0.5) is 0 Å². The van der Waals surface area contributed by atoms with Gasteiger partial charge in [0.15, 0.2) is 0 Å². The fraction of sp³-hybridized carbons (Fsp3) is 0.583. The molecule has 0 amide bonds. The van der Waals surface area contributed by atoms with E-state index in [1.165, 1.54) is 12.0 Å². The molecule has 1 aliphatic rings. The maximum absolute atomic E-state index is 5.77. The summed E-state index contributed by atoms with van der Waals surface area (Å²) in [4.78, 5) is 4.14. The normalized spacial score (nSPS) is 27.1. The van der Waals surface area contributed by atoms with Gasteiger partial charge in [-0.1, -0.05) is 19.9 Å². The highest BCUT2D eigenvalue weighted by Gasteiger charge is 2.31. The zero-order valence-electron chi connectivity index (χ0n) is 8.81. The highest BCUT2D eigenvalue weighted by Crippen LogP contribution is 2.38. The summed E-state index contributed by atoms with van der Waals surface area (Å²) >= 11 is 0. The second-order valence-electron chi connectivity index (χ2n) is 4.27. The molecule has 1 saturated heterocycles. The average molecular weight is 191 g/mol. The lowest BCUT2D eigenvalue weighted by molar-refractivity contribution is 0.0791. The number of hydrogen-bond acceptors (Lipinski definition) is 2. The number of pyridine rings is 1. The third-order valence-corrected chi connectivity index (χ3v) is 3.01. The van der Waals surface area contributed by atoms with E-state index in [4.69, 9.17) is 4.74 Å². The molecule has 2 heterocycles. The quantitative estimate of drug-likeness (QED) is 0.717. The second-order valence-corrected chi connectivity index (χ2v) is 4.27. The molecule has 0 aliphatic carbocycles. The molecule has 2 atom stereocenters. The molecule has 1 aliphatic heterocycles. The van der Waals surface area contributed by atoms with Crippen LogP contribution in [0.5, 0.6) is 0 Å². The molecular weight excluding hydrogens is 174 g/mol. The Morgan fingerprint density at radius 3 is 3.00 bits per heavy atom. The van der Waals surface area contributed by atoms with E-state index in [-0.39, 0.29) is 6.10 Å². The summed E-state index contributed by atoms with van der Waals surface area (Å²) in [6.07, 6.45) is 5.18. The topological polar surface area (TPSA) is 22.1 Å². The molecule has 0 N–H and O–H groups in total. The Kier molecular flexibility index (Phi) is 2.82. The molecule has 0 radical (unpaired) electrons. The SMILES string of the molecule is CC(C)C1CCOC1c1cccnc1. The highest BCUT2D eigenvalue weighted by molar-refractivity contribution is 5.14. The summed E-state index contributed by atoms with van der Waals surface area (Å²) in [5, 5.41) is 0. The van der Waals surface area contributed by atoms with Gasteiger partial charge in [0.2, 0.25) is 0 Å². The largest absolute Gasteiger partial charge is 0.373 e. The number of nitrogens with zero attached hydrogens (tertiary/aromatic N) is 1. The Hall–Kier alpha value is -0.890. The predicted octanol–water partition coefficient (Wildman–Crippen LogP) is 2.82. The van der Waals surface area contributed by atoms with Gasteiger partial charge in [0.25, 0.3) is 0 Å². The number of rotatable bonds is 2. The third-order valence-electron chi connectivity index (χ3n) is 3.01. The summed E-state index contributed by atoms with van der Waals surface area (Å²) in [6, 6.07) is 4.09. The van der Waals surface area contributed by atoms with E-state index in [0.717, 1.165) is 6.61 Å². The first-order chi connectivity index (χ1) is 6.79. The number of hydrogen-bond donors (Lipinski definition) is 0. The maximum Gasteiger partial charge on any atom is 0.0871 e. The van der Waals surface area contributed by atoms with Crippen molar-refractivity contribution in [2.45, 2.75) is 26.4 Å². The molecule has 0 spiro atoms. The van der Waals surface area contributed by atoms with Crippen molar-refractivity contribution in [3.05, 3.63) is 30.1 Å². The monoisotopic (exact) mass is 191 g/mol. The van der Waals surface area contributed by atoms with Crippen molar-refractivity contribution in [3.8, 4) is 0 Å². The molecule has 2 nitrogen and oxygen atoms in total. The summed E-state index contributed by atoms with van der Waals surface area (Å²) in [6.45, 7) is 5.42. The standard InChI is InChI=1S/C12H17NO/c1-9(2)11-5-7-14-12(11)10-4-3-6-13-8-10/h3-4,6,8-9,11-12H,5,7H2,1-2H3. The Bertz CT molecular complexity index is 284. The molecule has 1 aromatic heterocycles. The third kappa shape index (κ3) is 1.80. The van der Waals surface area contributed by atoms with Crippen LogP contribution in [0.25, 0.3) is 0 Å². The van der Waals surface area contributed by atoms with Crippen molar-refractivity contribution in [1.29, 1.82) is 0 Å². The highest BCUT2D eigenvalue weighted by atomic mass is 16.5. The Morgan fingerprint density at radius 1 is 1.50 bits per heavy atom. The van der Waals surface area contributed by atoms with Crippen LogP contribution < -0.4 is 0 Å². The minimum Gasteiger partial charge on any atom is -0.373 e.